The number of alkyl carbamates (subject to hydrolysis) is 1. The summed E-state index contributed by atoms with van der Waals surface area (Å²) in [6, 6.07) is 1.79. The van der Waals surface area contributed by atoms with E-state index in [0.29, 0.717) is 25.5 Å². The van der Waals surface area contributed by atoms with Gasteiger partial charge in [0, 0.05) is 25.9 Å². The summed E-state index contributed by atoms with van der Waals surface area (Å²) < 4.78 is 12.2. The fraction of sp³-hybridized carbons (Fsp3) is 0.667. The molecule has 0 spiro atoms. The number of rotatable bonds is 5. The van der Waals surface area contributed by atoms with Crippen LogP contribution < -0.4 is 10.1 Å². The molecule has 0 unspecified atom stereocenters. The number of aryl methyl sites for hydroxylation is 1. The fourth-order valence-electron chi connectivity index (χ4n) is 1.22. The van der Waals surface area contributed by atoms with E-state index < -0.39 is 11.7 Å². The molecule has 0 atom stereocenters. The molecule has 1 aromatic heterocycles. The van der Waals surface area contributed by atoms with Gasteiger partial charge in [0.05, 0.1) is 6.61 Å². The molecule has 0 aliphatic carbocycles. The molecule has 0 saturated carbocycles. The fourth-order valence-corrected chi connectivity index (χ4v) is 1.22. The SMILES string of the molecule is Cn1ccc(OCCCNC(=O)OC(C)(C)C)n1. The maximum absolute atomic E-state index is 11.3. The summed E-state index contributed by atoms with van der Waals surface area (Å²) in [5.41, 5.74) is -0.464. The normalized spacial score (nSPS) is 11.1. The van der Waals surface area contributed by atoms with E-state index in [-0.39, 0.29) is 0 Å². The van der Waals surface area contributed by atoms with Gasteiger partial charge in [-0.3, -0.25) is 4.68 Å². The van der Waals surface area contributed by atoms with Gasteiger partial charge < -0.3 is 14.8 Å². The first-order chi connectivity index (χ1) is 8.37. The van der Waals surface area contributed by atoms with Crippen molar-refractivity contribution in [2.45, 2.75) is 32.8 Å². The van der Waals surface area contributed by atoms with Crippen LogP contribution in [-0.4, -0.2) is 34.6 Å². The highest BCUT2D eigenvalue weighted by Crippen LogP contribution is 2.06. The highest BCUT2D eigenvalue weighted by atomic mass is 16.6. The molecular weight excluding hydrogens is 234 g/mol. The quantitative estimate of drug-likeness (QED) is 0.813. The number of carbonyl (C=O) groups excluding carboxylic acids is 1. The molecule has 0 saturated heterocycles. The zero-order chi connectivity index (χ0) is 13.6. The number of carbonyl (C=O) groups is 1. The largest absolute Gasteiger partial charge is 0.477 e. The molecule has 0 radical (unpaired) electrons. The molecule has 0 aliphatic rings. The Hall–Kier alpha value is -1.72. The molecule has 0 aliphatic heterocycles. The van der Waals surface area contributed by atoms with E-state index >= 15 is 0 Å². The zero-order valence-electron chi connectivity index (χ0n) is 11.4. The van der Waals surface area contributed by atoms with E-state index in [9.17, 15) is 4.79 Å². The van der Waals surface area contributed by atoms with E-state index in [1.807, 2.05) is 34.0 Å². The summed E-state index contributed by atoms with van der Waals surface area (Å²) in [5, 5.41) is 6.74. The van der Waals surface area contributed by atoms with Crippen LogP contribution in [0.1, 0.15) is 27.2 Å². The molecule has 1 heterocycles. The van der Waals surface area contributed by atoms with Gasteiger partial charge in [-0.2, -0.15) is 0 Å². The second-order valence-electron chi connectivity index (χ2n) is 4.96. The summed E-state index contributed by atoms with van der Waals surface area (Å²) in [4.78, 5) is 11.3. The zero-order valence-corrected chi connectivity index (χ0v) is 11.4. The second-order valence-corrected chi connectivity index (χ2v) is 4.96. The molecule has 18 heavy (non-hydrogen) atoms. The number of amides is 1. The minimum Gasteiger partial charge on any atom is -0.477 e. The van der Waals surface area contributed by atoms with E-state index in [2.05, 4.69) is 10.4 Å². The van der Waals surface area contributed by atoms with Crippen LogP contribution in [0.25, 0.3) is 0 Å². The Morgan fingerprint density at radius 1 is 1.50 bits per heavy atom. The van der Waals surface area contributed by atoms with Crippen molar-refractivity contribution in [3.05, 3.63) is 12.3 Å². The third-order valence-corrected chi connectivity index (χ3v) is 1.93. The number of ether oxygens (including phenoxy) is 2. The van der Waals surface area contributed by atoms with Crippen molar-refractivity contribution in [3.63, 3.8) is 0 Å². The van der Waals surface area contributed by atoms with Crippen LogP contribution in [0, 0.1) is 0 Å². The van der Waals surface area contributed by atoms with Gasteiger partial charge in [0.2, 0.25) is 5.88 Å². The smallest absolute Gasteiger partial charge is 0.407 e. The molecular formula is C12H21N3O3. The second kappa shape index (κ2) is 6.28. The molecule has 1 aromatic rings. The predicted octanol–water partition coefficient (Wildman–Crippen LogP) is 1.71. The lowest BCUT2D eigenvalue weighted by Gasteiger charge is -2.19. The van der Waals surface area contributed by atoms with Crippen LogP contribution in [0.4, 0.5) is 4.79 Å². The van der Waals surface area contributed by atoms with E-state index in [4.69, 9.17) is 9.47 Å². The minimum atomic E-state index is -0.464. The van der Waals surface area contributed by atoms with Crippen LogP contribution in [0.3, 0.4) is 0 Å². The predicted molar refractivity (Wildman–Crippen MR) is 67.6 cm³/mol. The Balaban J connectivity index is 2.07. The topological polar surface area (TPSA) is 65.4 Å². The van der Waals surface area contributed by atoms with Gasteiger partial charge in [-0.25, -0.2) is 4.79 Å². The molecule has 1 amide bonds. The summed E-state index contributed by atoms with van der Waals surface area (Å²) in [6.45, 7) is 6.51. The molecule has 0 bridgehead atoms. The van der Waals surface area contributed by atoms with Crippen molar-refractivity contribution in [1.29, 1.82) is 0 Å². The van der Waals surface area contributed by atoms with Gasteiger partial charge in [-0.15, -0.1) is 5.10 Å². The summed E-state index contributed by atoms with van der Waals surface area (Å²) in [5.74, 6) is 0.592. The lowest BCUT2D eigenvalue weighted by molar-refractivity contribution is 0.0525. The molecule has 6 nitrogen and oxygen atoms in total. The van der Waals surface area contributed by atoms with Crippen LogP contribution in [0.2, 0.25) is 0 Å². The van der Waals surface area contributed by atoms with Gasteiger partial charge in [-0.1, -0.05) is 0 Å². The van der Waals surface area contributed by atoms with Crippen molar-refractivity contribution in [2.75, 3.05) is 13.2 Å². The van der Waals surface area contributed by atoms with Crippen molar-refractivity contribution in [2.24, 2.45) is 7.05 Å². The van der Waals surface area contributed by atoms with Gasteiger partial charge in [0.15, 0.2) is 0 Å². The van der Waals surface area contributed by atoms with Crippen molar-refractivity contribution in [1.82, 2.24) is 15.1 Å². The van der Waals surface area contributed by atoms with Gasteiger partial charge in [0.1, 0.15) is 5.60 Å². The molecule has 0 fully saturated rings. The minimum absolute atomic E-state index is 0.402. The number of aromatic nitrogens is 2. The molecule has 102 valence electrons. The Morgan fingerprint density at radius 3 is 2.78 bits per heavy atom. The van der Waals surface area contributed by atoms with Crippen LogP contribution in [0.5, 0.6) is 5.88 Å². The Labute approximate surface area is 107 Å². The Kier molecular flexibility index (Phi) is 5.00. The summed E-state index contributed by atoms with van der Waals surface area (Å²) in [6.07, 6.45) is 2.12. The highest BCUT2D eigenvalue weighted by molar-refractivity contribution is 5.67. The lowest BCUT2D eigenvalue weighted by atomic mass is 10.2. The molecule has 1 rings (SSSR count). The van der Waals surface area contributed by atoms with Gasteiger partial charge in [-0.05, 0) is 27.2 Å². The number of hydrogen-bond donors (Lipinski definition) is 1. The number of hydrogen-bond acceptors (Lipinski definition) is 4. The van der Waals surface area contributed by atoms with Crippen LogP contribution in [0.15, 0.2) is 12.3 Å². The van der Waals surface area contributed by atoms with Crippen molar-refractivity contribution >= 4 is 6.09 Å². The molecule has 1 N–H and O–H groups in total. The number of nitrogens with zero attached hydrogens (tertiary/aromatic N) is 2. The summed E-state index contributed by atoms with van der Waals surface area (Å²) >= 11 is 0. The lowest BCUT2D eigenvalue weighted by Crippen LogP contribution is -2.33. The average molecular weight is 255 g/mol. The first kappa shape index (κ1) is 14.3. The molecule has 0 aromatic carbocycles. The maximum Gasteiger partial charge on any atom is 0.407 e. The molecule has 6 heteroatoms. The highest BCUT2D eigenvalue weighted by Gasteiger charge is 2.15. The van der Waals surface area contributed by atoms with Crippen molar-refractivity contribution in [3.8, 4) is 5.88 Å². The monoisotopic (exact) mass is 255 g/mol. The Morgan fingerprint density at radius 2 is 2.22 bits per heavy atom. The van der Waals surface area contributed by atoms with E-state index in [0.717, 1.165) is 0 Å². The van der Waals surface area contributed by atoms with Gasteiger partial charge in [0.25, 0.3) is 0 Å². The number of nitrogens with one attached hydrogen (secondary N) is 1. The first-order valence-corrected chi connectivity index (χ1v) is 5.96. The maximum atomic E-state index is 11.3. The third-order valence-electron chi connectivity index (χ3n) is 1.93. The third kappa shape index (κ3) is 6.12. The van der Waals surface area contributed by atoms with E-state index in [1.165, 1.54) is 0 Å². The summed E-state index contributed by atoms with van der Waals surface area (Å²) in [7, 11) is 1.83. The van der Waals surface area contributed by atoms with Crippen LogP contribution >= 0.6 is 0 Å². The van der Waals surface area contributed by atoms with Gasteiger partial charge >= 0.3 is 6.09 Å². The van der Waals surface area contributed by atoms with Crippen LogP contribution in [-0.2, 0) is 11.8 Å². The van der Waals surface area contributed by atoms with Crippen molar-refractivity contribution < 1.29 is 14.3 Å². The Bertz CT molecular complexity index is 382. The first-order valence-electron chi connectivity index (χ1n) is 5.96. The van der Waals surface area contributed by atoms with E-state index in [1.54, 1.807) is 10.7 Å². The standard InChI is InChI=1S/C12H21N3O3/c1-12(2,3)18-11(16)13-7-5-9-17-10-6-8-15(4)14-10/h6,8H,5,7,9H2,1-4H3,(H,13,16). The average Bonchev–Trinajstić information content (AvgIpc) is 2.61.